The van der Waals surface area contributed by atoms with Crippen LogP contribution in [0.3, 0.4) is 0 Å². The monoisotopic (exact) mass is 347 g/mol. The van der Waals surface area contributed by atoms with E-state index >= 15 is 0 Å². The number of nitrogens with zero attached hydrogens (tertiary/aromatic N) is 2. The maximum atomic E-state index is 12.4. The number of rotatable bonds is 6. The highest BCUT2D eigenvalue weighted by atomic mass is 16.4. The fraction of sp³-hybridized carbons (Fsp3) is 0.579. The number of hydrogen-bond acceptors (Lipinski definition) is 4. The lowest BCUT2D eigenvalue weighted by molar-refractivity contribution is -0.138. The van der Waals surface area contributed by atoms with E-state index in [0.717, 1.165) is 43.6 Å². The largest absolute Gasteiger partial charge is 0.480 e. The number of carbonyl (C=O) groups excluding carboxylic acids is 1. The molecule has 0 radical (unpaired) electrons. The maximum absolute atomic E-state index is 12.4. The number of carboxylic acid groups (broad SMARTS) is 1. The average Bonchev–Trinajstić information content (AvgIpc) is 2.75. The SMILES string of the molecule is Cc1ccc(NC(=O)CN2CCCC(N(C)CC(=O)O)CC2)c(C)c1. The molecule has 138 valence electrons. The maximum Gasteiger partial charge on any atom is 0.317 e. The number of likely N-dealkylation sites (tertiary alicyclic amines) is 1. The van der Waals surface area contributed by atoms with Gasteiger partial charge in [-0.3, -0.25) is 19.4 Å². The van der Waals surface area contributed by atoms with Crippen molar-refractivity contribution in [1.82, 2.24) is 9.80 Å². The Hall–Kier alpha value is -1.92. The second-order valence-corrected chi connectivity index (χ2v) is 7.04. The number of benzene rings is 1. The van der Waals surface area contributed by atoms with Crippen LogP contribution < -0.4 is 5.32 Å². The smallest absolute Gasteiger partial charge is 0.317 e. The third-order valence-electron chi connectivity index (χ3n) is 4.82. The zero-order chi connectivity index (χ0) is 18.4. The van der Waals surface area contributed by atoms with Gasteiger partial charge >= 0.3 is 5.97 Å². The minimum atomic E-state index is -0.795. The third kappa shape index (κ3) is 6.14. The molecule has 0 aliphatic carbocycles. The van der Waals surface area contributed by atoms with Crippen molar-refractivity contribution in [3.05, 3.63) is 29.3 Å². The van der Waals surface area contributed by atoms with Crippen LogP contribution in [0.15, 0.2) is 18.2 Å². The van der Waals surface area contributed by atoms with Gasteiger partial charge in [0, 0.05) is 18.3 Å². The minimum Gasteiger partial charge on any atom is -0.480 e. The van der Waals surface area contributed by atoms with Crippen LogP contribution in [-0.4, -0.2) is 66.1 Å². The first-order valence-corrected chi connectivity index (χ1v) is 8.86. The molecular weight excluding hydrogens is 318 g/mol. The first kappa shape index (κ1) is 19.4. The van der Waals surface area contributed by atoms with Crippen molar-refractivity contribution in [1.29, 1.82) is 0 Å². The number of likely N-dealkylation sites (N-methyl/N-ethyl adjacent to an activating group) is 1. The van der Waals surface area contributed by atoms with Crippen LogP contribution in [0, 0.1) is 13.8 Å². The van der Waals surface area contributed by atoms with Crippen molar-refractivity contribution < 1.29 is 14.7 Å². The molecule has 2 N–H and O–H groups in total. The lowest BCUT2D eigenvalue weighted by Crippen LogP contribution is -2.37. The highest BCUT2D eigenvalue weighted by Crippen LogP contribution is 2.18. The molecule has 1 fully saturated rings. The summed E-state index contributed by atoms with van der Waals surface area (Å²) in [5.41, 5.74) is 3.11. The summed E-state index contributed by atoms with van der Waals surface area (Å²) in [4.78, 5) is 27.3. The molecule has 25 heavy (non-hydrogen) atoms. The molecule has 1 aromatic rings. The number of aliphatic carboxylic acids is 1. The topological polar surface area (TPSA) is 72.9 Å². The van der Waals surface area contributed by atoms with Crippen molar-refractivity contribution in [2.24, 2.45) is 0 Å². The number of carboxylic acids is 1. The van der Waals surface area contributed by atoms with Gasteiger partial charge in [-0.1, -0.05) is 17.7 Å². The predicted molar refractivity (Wildman–Crippen MR) is 98.9 cm³/mol. The highest BCUT2D eigenvalue weighted by molar-refractivity contribution is 5.93. The summed E-state index contributed by atoms with van der Waals surface area (Å²) in [7, 11) is 1.86. The summed E-state index contributed by atoms with van der Waals surface area (Å²) in [6.45, 7) is 6.16. The standard InChI is InChI=1S/C19H29N3O3/c1-14-6-7-17(15(2)11-14)20-18(23)12-22-9-4-5-16(8-10-22)21(3)13-19(24)25/h6-7,11,16H,4-5,8-10,12-13H2,1-3H3,(H,20,23)(H,24,25). The van der Waals surface area contributed by atoms with Gasteiger partial charge in [-0.15, -0.1) is 0 Å². The Morgan fingerprint density at radius 2 is 2.04 bits per heavy atom. The number of amides is 1. The van der Waals surface area contributed by atoms with Crippen molar-refractivity contribution >= 4 is 17.6 Å². The fourth-order valence-corrected chi connectivity index (χ4v) is 3.43. The molecular formula is C19H29N3O3. The van der Waals surface area contributed by atoms with Crippen LogP contribution in [0.25, 0.3) is 0 Å². The van der Waals surface area contributed by atoms with E-state index in [0.29, 0.717) is 6.54 Å². The molecule has 0 bridgehead atoms. The fourth-order valence-electron chi connectivity index (χ4n) is 3.43. The van der Waals surface area contributed by atoms with E-state index in [9.17, 15) is 9.59 Å². The lowest BCUT2D eigenvalue weighted by atomic mass is 10.1. The van der Waals surface area contributed by atoms with Crippen LogP contribution in [0.1, 0.15) is 30.4 Å². The van der Waals surface area contributed by atoms with Crippen LogP contribution in [0.5, 0.6) is 0 Å². The molecule has 1 saturated heterocycles. The van der Waals surface area contributed by atoms with Gasteiger partial charge in [0.05, 0.1) is 13.1 Å². The summed E-state index contributed by atoms with van der Waals surface area (Å²) in [6, 6.07) is 6.27. The van der Waals surface area contributed by atoms with Gasteiger partial charge in [0.1, 0.15) is 0 Å². The van der Waals surface area contributed by atoms with E-state index in [4.69, 9.17) is 5.11 Å². The Morgan fingerprint density at radius 1 is 1.28 bits per heavy atom. The molecule has 6 nitrogen and oxygen atoms in total. The second kappa shape index (κ2) is 8.97. The summed E-state index contributed by atoms with van der Waals surface area (Å²) in [5, 5.41) is 11.9. The molecule has 1 aromatic carbocycles. The Labute approximate surface area is 149 Å². The van der Waals surface area contributed by atoms with E-state index in [2.05, 4.69) is 16.3 Å². The molecule has 0 spiro atoms. The molecule has 1 atom stereocenters. The van der Waals surface area contributed by atoms with Crippen LogP contribution >= 0.6 is 0 Å². The summed E-state index contributed by atoms with van der Waals surface area (Å²) >= 11 is 0. The average molecular weight is 347 g/mol. The van der Waals surface area contributed by atoms with E-state index in [-0.39, 0.29) is 18.5 Å². The normalized spacial score (nSPS) is 18.8. The van der Waals surface area contributed by atoms with Crippen LogP contribution in [-0.2, 0) is 9.59 Å². The molecule has 6 heteroatoms. The van der Waals surface area contributed by atoms with Crippen molar-refractivity contribution in [3.63, 3.8) is 0 Å². The molecule has 0 saturated carbocycles. The van der Waals surface area contributed by atoms with Crippen LogP contribution in [0.2, 0.25) is 0 Å². The zero-order valence-corrected chi connectivity index (χ0v) is 15.4. The van der Waals surface area contributed by atoms with E-state index in [1.807, 2.05) is 37.9 Å². The minimum absolute atomic E-state index is 0.00398. The number of aryl methyl sites for hydroxylation is 2. The molecule has 1 aliphatic rings. The predicted octanol–water partition coefficient (Wildman–Crippen LogP) is 2.11. The zero-order valence-electron chi connectivity index (χ0n) is 15.4. The van der Waals surface area contributed by atoms with Gasteiger partial charge in [-0.2, -0.15) is 0 Å². The number of carbonyl (C=O) groups is 2. The molecule has 2 rings (SSSR count). The van der Waals surface area contributed by atoms with E-state index in [1.165, 1.54) is 5.56 Å². The first-order valence-electron chi connectivity index (χ1n) is 8.86. The van der Waals surface area contributed by atoms with E-state index in [1.54, 1.807) is 0 Å². The molecule has 1 amide bonds. The van der Waals surface area contributed by atoms with Gasteiger partial charge in [0.15, 0.2) is 0 Å². The van der Waals surface area contributed by atoms with Crippen molar-refractivity contribution in [2.45, 2.75) is 39.2 Å². The number of nitrogens with one attached hydrogen (secondary N) is 1. The third-order valence-corrected chi connectivity index (χ3v) is 4.82. The second-order valence-electron chi connectivity index (χ2n) is 7.04. The van der Waals surface area contributed by atoms with Gasteiger partial charge in [-0.25, -0.2) is 0 Å². The number of anilines is 1. The molecule has 1 aliphatic heterocycles. The molecule has 1 heterocycles. The Bertz CT molecular complexity index is 618. The Morgan fingerprint density at radius 3 is 2.72 bits per heavy atom. The van der Waals surface area contributed by atoms with Gasteiger partial charge < -0.3 is 10.4 Å². The quantitative estimate of drug-likeness (QED) is 0.825. The lowest BCUT2D eigenvalue weighted by Gasteiger charge is -2.25. The molecule has 0 aromatic heterocycles. The Kier molecular flexibility index (Phi) is 6.96. The molecule has 1 unspecified atom stereocenters. The van der Waals surface area contributed by atoms with Gasteiger partial charge in [0.25, 0.3) is 0 Å². The van der Waals surface area contributed by atoms with Gasteiger partial charge in [-0.05, 0) is 58.3 Å². The highest BCUT2D eigenvalue weighted by Gasteiger charge is 2.22. The summed E-state index contributed by atoms with van der Waals surface area (Å²) < 4.78 is 0. The summed E-state index contributed by atoms with van der Waals surface area (Å²) in [5.74, 6) is -0.791. The Balaban J connectivity index is 1.84. The van der Waals surface area contributed by atoms with Crippen molar-refractivity contribution in [2.75, 3.05) is 38.5 Å². The van der Waals surface area contributed by atoms with Gasteiger partial charge in [0.2, 0.25) is 5.91 Å². The summed E-state index contributed by atoms with van der Waals surface area (Å²) in [6.07, 6.45) is 2.84. The number of hydrogen-bond donors (Lipinski definition) is 2. The van der Waals surface area contributed by atoms with E-state index < -0.39 is 5.97 Å². The first-order chi connectivity index (χ1) is 11.8. The van der Waals surface area contributed by atoms with Crippen LogP contribution in [0.4, 0.5) is 5.69 Å². The van der Waals surface area contributed by atoms with Crippen molar-refractivity contribution in [3.8, 4) is 0 Å².